The molecule has 1 nitrogen and oxygen atoms in total. The first-order chi connectivity index (χ1) is 7.16. The Kier molecular flexibility index (Phi) is 4.95. The molecule has 0 radical (unpaired) electrons. The van der Waals surface area contributed by atoms with Crippen LogP contribution in [0.1, 0.15) is 43.0 Å². The van der Waals surface area contributed by atoms with Crippen molar-refractivity contribution in [2.24, 2.45) is 0 Å². The summed E-state index contributed by atoms with van der Waals surface area (Å²) >= 11 is 3.09. The minimum atomic E-state index is -0.378. The first-order valence-corrected chi connectivity index (χ1v) is 5.93. The Hall–Kier alpha value is -0.700. The molecule has 0 aromatic heterocycles. The van der Waals surface area contributed by atoms with E-state index in [1.54, 1.807) is 12.1 Å². The van der Waals surface area contributed by atoms with Crippen LogP contribution in [0.4, 0.5) is 4.39 Å². The maximum atomic E-state index is 13.1. The molecule has 15 heavy (non-hydrogen) atoms. The number of halogens is 2. The van der Waals surface area contributed by atoms with E-state index in [1.807, 2.05) is 0 Å². The van der Waals surface area contributed by atoms with Gasteiger partial charge in [-0.25, -0.2) is 4.39 Å². The number of unbranched alkanes of at least 4 members (excludes halogenated alkanes) is 2. The minimum Gasteiger partial charge on any atom is -0.294 e. The van der Waals surface area contributed by atoms with Crippen molar-refractivity contribution in [3.05, 3.63) is 34.1 Å². The van der Waals surface area contributed by atoms with E-state index in [0.717, 1.165) is 19.3 Å². The van der Waals surface area contributed by atoms with Crippen molar-refractivity contribution in [1.82, 2.24) is 0 Å². The number of Topliss-reactive ketones (excluding diaryl/α,β-unsaturated/α-hetero) is 1. The van der Waals surface area contributed by atoms with Crippen LogP contribution in [0.25, 0.3) is 0 Å². The summed E-state index contributed by atoms with van der Waals surface area (Å²) < 4.78 is 13.4. The van der Waals surface area contributed by atoms with Gasteiger partial charge in [0, 0.05) is 12.0 Å². The molecule has 0 bridgehead atoms. The standard InChI is InChI=1S/C12H14BrFO/c1-2-3-4-8-11(15)9-6-5-7-10(14)12(9)13/h5-7H,2-4,8H2,1H3. The second kappa shape index (κ2) is 6.01. The highest BCUT2D eigenvalue weighted by atomic mass is 79.9. The first-order valence-electron chi connectivity index (χ1n) is 5.14. The largest absolute Gasteiger partial charge is 0.294 e. The SMILES string of the molecule is CCCCCC(=O)c1cccc(F)c1Br. The van der Waals surface area contributed by atoms with Crippen molar-refractivity contribution in [3.63, 3.8) is 0 Å². The van der Waals surface area contributed by atoms with E-state index >= 15 is 0 Å². The first kappa shape index (κ1) is 12.4. The fraction of sp³-hybridized carbons (Fsp3) is 0.417. The van der Waals surface area contributed by atoms with Gasteiger partial charge in [-0.15, -0.1) is 0 Å². The number of hydrogen-bond acceptors (Lipinski definition) is 1. The zero-order valence-corrected chi connectivity index (χ0v) is 10.3. The molecule has 1 aromatic carbocycles. The Labute approximate surface area is 97.8 Å². The van der Waals surface area contributed by atoms with Crippen LogP contribution in [0.5, 0.6) is 0 Å². The molecule has 0 amide bonds. The highest BCUT2D eigenvalue weighted by Crippen LogP contribution is 2.22. The van der Waals surface area contributed by atoms with Crippen LogP contribution >= 0.6 is 15.9 Å². The van der Waals surface area contributed by atoms with Gasteiger partial charge in [0.15, 0.2) is 5.78 Å². The molecule has 0 aliphatic carbocycles. The molecule has 0 spiro atoms. The number of rotatable bonds is 5. The van der Waals surface area contributed by atoms with Crippen LogP contribution in [-0.2, 0) is 0 Å². The number of benzene rings is 1. The Morgan fingerprint density at radius 3 is 2.80 bits per heavy atom. The lowest BCUT2D eigenvalue weighted by Crippen LogP contribution is -2.01. The minimum absolute atomic E-state index is 0.00910. The average molecular weight is 273 g/mol. The molecule has 0 heterocycles. The summed E-state index contributed by atoms with van der Waals surface area (Å²) in [5, 5.41) is 0. The summed E-state index contributed by atoms with van der Waals surface area (Å²) in [6, 6.07) is 4.56. The maximum absolute atomic E-state index is 13.1. The van der Waals surface area contributed by atoms with Gasteiger partial charge in [0.25, 0.3) is 0 Å². The molecule has 1 aromatic rings. The van der Waals surface area contributed by atoms with Crippen molar-refractivity contribution in [2.45, 2.75) is 32.6 Å². The molecule has 0 unspecified atom stereocenters. The van der Waals surface area contributed by atoms with Gasteiger partial charge in [-0.3, -0.25) is 4.79 Å². The van der Waals surface area contributed by atoms with E-state index in [0.29, 0.717) is 12.0 Å². The molecule has 0 saturated carbocycles. The molecule has 0 saturated heterocycles. The van der Waals surface area contributed by atoms with Crippen LogP contribution in [0, 0.1) is 5.82 Å². The van der Waals surface area contributed by atoms with Gasteiger partial charge in [0.05, 0.1) is 4.47 Å². The van der Waals surface area contributed by atoms with Crippen LogP contribution < -0.4 is 0 Å². The molecule has 0 aliphatic rings. The second-order valence-electron chi connectivity index (χ2n) is 3.48. The Bertz CT molecular complexity index is 349. The summed E-state index contributed by atoms with van der Waals surface area (Å²) in [4.78, 5) is 11.7. The zero-order valence-electron chi connectivity index (χ0n) is 8.72. The van der Waals surface area contributed by atoms with Crippen LogP contribution in [0.15, 0.2) is 22.7 Å². The van der Waals surface area contributed by atoms with Crippen molar-refractivity contribution in [1.29, 1.82) is 0 Å². The Morgan fingerprint density at radius 2 is 2.13 bits per heavy atom. The summed E-state index contributed by atoms with van der Waals surface area (Å²) in [5.74, 6) is -0.369. The maximum Gasteiger partial charge on any atom is 0.164 e. The van der Waals surface area contributed by atoms with Crippen molar-refractivity contribution in [3.8, 4) is 0 Å². The van der Waals surface area contributed by atoms with E-state index in [1.165, 1.54) is 6.07 Å². The number of carbonyl (C=O) groups is 1. The quantitative estimate of drug-likeness (QED) is 0.575. The molecule has 0 fully saturated rings. The van der Waals surface area contributed by atoms with Gasteiger partial charge in [0.2, 0.25) is 0 Å². The third-order valence-corrected chi connectivity index (χ3v) is 3.07. The third-order valence-electron chi connectivity index (χ3n) is 2.26. The summed E-state index contributed by atoms with van der Waals surface area (Å²) in [6.07, 6.45) is 3.49. The fourth-order valence-electron chi connectivity index (χ4n) is 1.39. The topological polar surface area (TPSA) is 17.1 Å². The zero-order chi connectivity index (χ0) is 11.3. The van der Waals surface area contributed by atoms with Crippen LogP contribution in [0.2, 0.25) is 0 Å². The van der Waals surface area contributed by atoms with E-state index in [2.05, 4.69) is 22.9 Å². The molecule has 0 aliphatic heterocycles. The van der Waals surface area contributed by atoms with E-state index in [4.69, 9.17) is 0 Å². The van der Waals surface area contributed by atoms with Gasteiger partial charge in [-0.1, -0.05) is 31.9 Å². The van der Waals surface area contributed by atoms with Gasteiger partial charge < -0.3 is 0 Å². The van der Waals surface area contributed by atoms with Gasteiger partial charge >= 0.3 is 0 Å². The van der Waals surface area contributed by atoms with E-state index in [-0.39, 0.29) is 16.1 Å². The summed E-state index contributed by atoms with van der Waals surface area (Å²) in [7, 11) is 0. The number of hydrogen-bond donors (Lipinski definition) is 0. The monoisotopic (exact) mass is 272 g/mol. The highest BCUT2D eigenvalue weighted by Gasteiger charge is 2.12. The van der Waals surface area contributed by atoms with Gasteiger partial charge in [0.1, 0.15) is 5.82 Å². The predicted molar refractivity (Wildman–Crippen MR) is 62.6 cm³/mol. The number of carbonyl (C=O) groups excluding carboxylic acids is 1. The van der Waals surface area contributed by atoms with Gasteiger partial charge in [-0.2, -0.15) is 0 Å². The summed E-state index contributed by atoms with van der Waals surface area (Å²) in [6.45, 7) is 2.09. The lowest BCUT2D eigenvalue weighted by Gasteiger charge is -2.03. The molecule has 1 rings (SSSR count). The van der Waals surface area contributed by atoms with E-state index in [9.17, 15) is 9.18 Å². The Morgan fingerprint density at radius 1 is 1.40 bits per heavy atom. The lowest BCUT2D eigenvalue weighted by atomic mass is 10.0. The molecule has 3 heteroatoms. The average Bonchev–Trinajstić information content (AvgIpc) is 2.22. The Balaban J connectivity index is 2.69. The van der Waals surface area contributed by atoms with Crippen LogP contribution in [0.3, 0.4) is 0 Å². The molecular formula is C12H14BrFO. The van der Waals surface area contributed by atoms with Crippen molar-refractivity contribution in [2.75, 3.05) is 0 Å². The normalized spacial score (nSPS) is 10.3. The highest BCUT2D eigenvalue weighted by molar-refractivity contribution is 9.10. The lowest BCUT2D eigenvalue weighted by molar-refractivity contribution is 0.0978. The smallest absolute Gasteiger partial charge is 0.164 e. The van der Waals surface area contributed by atoms with Crippen molar-refractivity contribution < 1.29 is 9.18 Å². The summed E-state index contributed by atoms with van der Waals surface area (Å²) in [5.41, 5.74) is 0.450. The fourth-order valence-corrected chi connectivity index (χ4v) is 1.87. The molecule has 0 atom stereocenters. The molecular weight excluding hydrogens is 259 g/mol. The van der Waals surface area contributed by atoms with Gasteiger partial charge in [-0.05, 0) is 28.4 Å². The number of ketones is 1. The van der Waals surface area contributed by atoms with Crippen LogP contribution in [-0.4, -0.2) is 5.78 Å². The predicted octanol–water partition coefficient (Wildman–Crippen LogP) is 4.35. The molecule has 82 valence electrons. The van der Waals surface area contributed by atoms with Crippen molar-refractivity contribution >= 4 is 21.7 Å². The second-order valence-corrected chi connectivity index (χ2v) is 4.27. The molecule has 0 N–H and O–H groups in total. The van der Waals surface area contributed by atoms with E-state index < -0.39 is 0 Å². The third kappa shape index (κ3) is 3.42.